The van der Waals surface area contributed by atoms with Crippen LogP contribution < -0.4 is 15.4 Å². The number of hydrogen-bond acceptors (Lipinski definition) is 5. The lowest BCUT2D eigenvalue weighted by molar-refractivity contribution is -0.139. The van der Waals surface area contributed by atoms with Crippen molar-refractivity contribution in [2.24, 2.45) is 0 Å². The molecular formula is C36H48N2O6. The molecule has 0 saturated heterocycles. The summed E-state index contributed by atoms with van der Waals surface area (Å²) in [4.78, 5) is 47.6. The lowest BCUT2D eigenvalue weighted by Gasteiger charge is -2.16. The Kier molecular flexibility index (Phi) is 21.4. The molecule has 44 heavy (non-hydrogen) atoms. The van der Waals surface area contributed by atoms with Crippen molar-refractivity contribution in [3.8, 4) is 5.75 Å². The predicted octanol–water partition coefficient (Wildman–Crippen LogP) is 7.17. The number of aliphatic carboxylic acids is 1. The third kappa shape index (κ3) is 19.6. The second-order valence-electron chi connectivity index (χ2n) is 9.90. The summed E-state index contributed by atoms with van der Waals surface area (Å²) in [6, 6.07) is 4.96. The molecule has 8 nitrogen and oxygen atoms in total. The van der Waals surface area contributed by atoms with Gasteiger partial charge in [0.25, 0.3) is 5.91 Å². The number of nitrogens with one attached hydrogen (secondary N) is 2. The highest BCUT2D eigenvalue weighted by atomic mass is 16.5. The van der Waals surface area contributed by atoms with Gasteiger partial charge >= 0.3 is 11.9 Å². The number of carboxylic acids is 1. The fourth-order valence-electron chi connectivity index (χ4n) is 3.87. The van der Waals surface area contributed by atoms with Crippen LogP contribution >= 0.6 is 0 Å². The number of carbonyl (C=O) groups is 4. The molecule has 3 N–H and O–H groups in total. The maximum Gasteiger partial charge on any atom is 0.326 e. The molecule has 1 aromatic rings. The van der Waals surface area contributed by atoms with Gasteiger partial charge in [0.15, 0.2) is 0 Å². The molecule has 0 heterocycles. The number of benzene rings is 1. The first kappa shape index (κ1) is 37.6. The minimum absolute atomic E-state index is 0.0563. The Labute approximate surface area is 262 Å². The predicted molar refractivity (Wildman–Crippen MR) is 176 cm³/mol. The molecule has 0 radical (unpaired) electrons. The number of allylic oxidation sites excluding steroid dienone is 12. The first-order valence-corrected chi connectivity index (χ1v) is 15.3. The van der Waals surface area contributed by atoms with Crippen LogP contribution in [0.2, 0.25) is 0 Å². The standard InChI is InChI=1S/C36H48N2O6/c1-3-4-5-6-7-8-9-10-11-12-13-14-15-16-17-18-19-20-21-28-34(40)37-29-24-26-32(36(42)43)38-35(41)31-25-22-23-27-33(31)44-30(2)39/h4-5,7-8,10-11,13-14,16-17,19-20,22-23,25,27,32H,3,6,9,12,15,18,21,24,26,28-29H2,1-2H3,(H,37,40)(H,38,41)(H,42,43). The average Bonchev–Trinajstić information content (AvgIpc) is 2.99. The highest BCUT2D eigenvalue weighted by molar-refractivity contribution is 5.99. The van der Waals surface area contributed by atoms with Crippen molar-refractivity contribution < 1.29 is 29.0 Å². The van der Waals surface area contributed by atoms with Gasteiger partial charge in [0.05, 0.1) is 5.56 Å². The van der Waals surface area contributed by atoms with E-state index >= 15 is 0 Å². The van der Waals surface area contributed by atoms with Gasteiger partial charge in [0.1, 0.15) is 11.8 Å². The van der Waals surface area contributed by atoms with Crippen molar-refractivity contribution in [3.05, 3.63) is 103 Å². The van der Waals surface area contributed by atoms with Crippen LogP contribution in [0, 0.1) is 0 Å². The maximum absolute atomic E-state index is 12.6. The van der Waals surface area contributed by atoms with E-state index in [1.165, 1.54) is 19.1 Å². The number of amides is 2. The highest BCUT2D eigenvalue weighted by Crippen LogP contribution is 2.18. The van der Waals surface area contributed by atoms with E-state index in [4.69, 9.17) is 4.74 Å². The molecule has 0 aliphatic rings. The minimum atomic E-state index is -1.19. The van der Waals surface area contributed by atoms with Crippen molar-refractivity contribution >= 4 is 23.8 Å². The molecule has 0 spiro atoms. The largest absolute Gasteiger partial charge is 0.480 e. The average molecular weight is 605 g/mol. The van der Waals surface area contributed by atoms with Crippen LogP contribution in [0.5, 0.6) is 5.75 Å². The number of rotatable bonds is 22. The molecule has 1 unspecified atom stereocenters. The summed E-state index contributed by atoms with van der Waals surface area (Å²) in [6.07, 6.45) is 32.8. The molecule has 0 bridgehead atoms. The van der Waals surface area contributed by atoms with Gasteiger partial charge in [-0.05, 0) is 69.9 Å². The molecule has 0 fully saturated rings. The van der Waals surface area contributed by atoms with E-state index in [2.05, 4.69) is 78.3 Å². The molecule has 0 aliphatic carbocycles. The molecule has 1 rings (SSSR count). The lowest BCUT2D eigenvalue weighted by atomic mass is 10.1. The van der Waals surface area contributed by atoms with Gasteiger partial charge in [0.2, 0.25) is 5.91 Å². The zero-order valence-electron chi connectivity index (χ0n) is 26.1. The molecule has 0 aromatic heterocycles. The minimum Gasteiger partial charge on any atom is -0.480 e. The smallest absolute Gasteiger partial charge is 0.326 e. The fourth-order valence-corrected chi connectivity index (χ4v) is 3.87. The lowest BCUT2D eigenvalue weighted by Crippen LogP contribution is -2.41. The van der Waals surface area contributed by atoms with Gasteiger partial charge in [-0.25, -0.2) is 4.79 Å². The summed E-state index contributed by atoms with van der Waals surface area (Å²) < 4.78 is 5.03. The van der Waals surface area contributed by atoms with Crippen LogP contribution in [0.3, 0.4) is 0 Å². The van der Waals surface area contributed by atoms with Crippen LogP contribution in [0.1, 0.15) is 88.4 Å². The number of ether oxygens (including phenoxy) is 1. The molecular weight excluding hydrogens is 556 g/mol. The summed E-state index contributed by atoms with van der Waals surface area (Å²) in [5, 5.41) is 14.8. The van der Waals surface area contributed by atoms with E-state index in [1.54, 1.807) is 12.1 Å². The van der Waals surface area contributed by atoms with Crippen LogP contribution in [0.15, 0.2) is 97.2 Å². The van der Waals surface area contributed by atoms with Gasteiger partial charge < -0.3 is 20.5 Å². The van der Waals surface area contributed by atoms with Gasteiger partial charge in [-0.1, -0.05) is 92.0 Å². The summed E-state index contributed by atoms with van der Waals surface area (Å²) in [5.41, 5.74) is 0.0663. The molecule has 2 amide bonds. The van der Waals surface area contributed by atoms with Crippen LogP contribution in [-0.4, -0.2) is 41.4 Å². The van der Waals surface area contributed by atoms with E-state index in [0.29, 0.717) is 25.8 Å². The molecule has 0 aliphatic heterocycles. The van der Waals surface area contributed by atoms with Crippen LogP contribution in [0.25, 0.3) is 0 Å². The number of esters is 1. The normalized spacial score (nSPS) is 12.7. The van der Waals surface area contributed by atoms with Gasteiger partial charge in [0, 0.05) is 19.9 Å². The molecule has 1 aromatic carbocycles. The first-order valence-electron chi connectivity index (χ1n) is 15.3. The summed E-state index contributed by atoms with van der Waals surface area (Å²) >= 11 is 0. The zero-order valence-corrected chi connectivity index (χ0v) is 26.1. The highest BCUT2D eigenvalue weighted by Gasteiger charge is 2.22. The Balaban J connectivity index is 2.18. The van der Waals surface area contributed by atoms with E-state index < -0.39 is 23.9 Å². The third-order valence-electron chi connectivity index (χ3n) is 6.12. The van der Waals surface area contributed by atoms with Crippen molar-refractivity contribution in [2.45, 2.75) is 84.1 Å². The Bertz CT molecular complexity index is 1190. The van der Waals surface area contributed by atoms with Crippen molar-refractivity contribution in [1.82, 2.24) is 10.6 Å². The second-order valence-corrected chi connectivity index (χ2v) is 9.90. The SMILES string of the molecule is CCC=CCC=CCC=CCC=CCC=CCC=CCCC(=O)NCCCC(NC(=O)c1ccccc1OC(C)=O)C(=O)O. The Morgan fingerprint density at radius 2 is 1.32 bits per heavy atom. The Morgan fingerprint density at radius 1 is 0.795 bits per heavy atom. The fraction of sp³-hybridized carbons (Fsp3) is 0.389. The van der Waals surface area contributed by atoms with Gasteiger partial charge in [-0.3, -0.25) is 14.4 Å². The van der Waals surface area contributed by atoms with E-state index in [1.807, 2.05) is 12.2 Å². The molecule has 238 valence electrons. The van der Waals surface area contributed by atoms with E-state index in [0.717, 1.165) is 38.5 Å². The Morgan fingerprint density at radius 3 is 1.84 bits per heavy atom. The zero-order chi connectivity index (χ0) is 32.3. The first-order chi connectivity index (χ1) is 21.3. The van der Waals surface area contributed by atoms with Crippen molar-refractivity contribution in [2.75, 3.05) is 6.54 Å². The topological polar surface area (TPSA) is 122 Å². The summed E-state index contributed by atoms with van der Waals surface area (Å²) in [5.74, 6) is -2.49. The number of hydrogen-bond donors (Lipinski definition) is 3. The number of carboxylic acid groups (broad SMARTS) is 1. The van der Waals surface area contributed by atoms with Crippen molar-refractivity contribution in [1.29, 1.82) is 0 Å². The van der Waals surface area contributed by atoms with Gasteiger partial charge in [-0.15, -0.1) is 0 Å². The van der Waals surface area contributed by atoms with E-state index in [-0.39, 0.29) is 23.6 Å². The van der Waals surface area contributed by atoms with Crippen LogP contribution in [-0.2, 0) is 14.4 Å². The molecule has 8 heteroatoms. The second kappa shape index (κ2) is 25.1. The maximum atomic E-state index is 12.6. The third-order valence-corrected chi connectivity index (χ3v) is 6.12. The molecule has 1 atom stereocenters. The van der Waals surface area contributed by atoms with Crippen molar-refractivity contribution in [3.63, 3.8) is 0 Å². The summed E-state index contributed by atoms with van der Waals surface area (Å²) in [7, 11) is 0. The quantitative estimate of drug-likeness (QED) is 0.0558. The number of carbonyl (C=O) groups excluding carboxylic acids is 3. The Hall–Kier alpha value is -4.46. The summed E-state index contributed by atoms with van der Waals surface area (Å²) in [6.45, 7) is 3.65. The van der Waals surface area contributed by atoms with Crippen LogP contribution in [0.4, 0.5) is 0 Å². The monoisotopic (exact) mass is 604 g/mol. The molecule has 0 saturated carbocycles. The van der Waals surface area contributed by atoms with Gasteiger partial charge in [-0.2, -0.15) is 0 Å². The van der Waals surface area contributed by atoms with E-state index in [9.17, 15) is 24.3 Å². The number of para-hydroxylation sites is 1.